The predicted molar refractivity (Wildman–Crippen MR) is 53.0 cm³/mol. The first-order chi connectivity index (χ1) is 6.70. The van der Waals surface area contributed by atoms with E-state index in [1.54, 1.807) is 12.4 Å². The van der Waals surface area contributed by atoms with Gasteiger partial charge in [0.2, 0.25) is 0 Å². The summed E-state index contributed by atoms with van der Waals surface area (Å²) in [6.07, 6.45) is 9.36. The molecule has 0 saturated heterocycles. The second-order valence-corrected chi connectivity index (χ2v) is 4.17. The largest absolute Gasteiger partial charge is 0.332 e. The highest BCUT2D eigenvalue weighted by Crippen LogP contribution is 2.28. The van der Waals surface area contributed by atoms with Crippen LogP contribution in [0.1, 0.15) is 32.6 Å². The van der Waals surface area contributed by atoms with Crippen LogP contribution < -0.4 is 5.32 Å². The van der Waals surface area contributed by atoms with Crippen molar-refractivity contribution < 1.29 is 4.79 Å². The first-order valence-corrected chi connectivity index (χ1v) is 5.00. The Hall–Kier alpha value is -1.32. The van der Waals surface area contributed by atoms with E-state index in [9.17, 15) is 4.79 Å². The van der Waals surface area contributed by atoms with Crippen LogP contribution in [0.15, 0.2) is 18.7 Å². The molecular formula is C10H15N3O. The highest BCUT2D eigenvalue weighted by molar-refractivity contribution is 5.77. The molecule has 1 aliphatic rings. The second-order valence-electron chi connectivity index (χ2n) is 4.17. The number of hydrogen-bond acceptors (Lipinski definition) is 2. The quantitative estimate of drug-likeness (QED) is 0.739. The molecule has 0 atom stereocenters. The Kier molecular flexibility index (Phi) is 2.27. The molecule has 4 nitrogen and oxygen atoms in total. The van der Waals surface area contributed by atoms with Crippen molar-refractivity contribution in [2.75, 3.05) is 0 Å². The molecule has 0 radical (unpaired) electrons. The molecule has 76 valence electrons. The number of nitrogens with one attached hydrogen (secondary N) is 1. The van der Waals surface area contributed by atoms with E-state index >= 15 is 0 Å². The van der Waals surface area contributed by atoms with E-state index in [0.717, 1.165) is 12.8 Å². The van der Waals surface area contributed by atoms with Crippen LogP contribution in [-0.2, 0) is 0 Å². The lowest BCUT2D eigenvalue weighted by Crippen LogP contribution is -2.45. The van der Waals surface area contributed by atoms with E-state index in [4.69, 9.17) is 0 Å². The van der Waals surface area contributed by atoms with Crippen molar-refractivity contribution >= 4 is 6.03 Å². The number of nitrogens with zero attached hydrogens (tertiary/aromatic N) is 2. The summed E-state index contributed by atoms with van der Waals surface area (Å²) in [6, 6.07) is -0.0769. The summed E-state index contributed by atoms with van der Waals surface area (Å²) in [5.41, 5.74) is -0.0125. The summed E-state index contributed by atoms with van der Waals surface area (Å²) in [5.74, 6) is 0. The van der Waals surface area contributed by atoms with Gasteiger partial charge < -0.3 is 5.32 Å². The topological polar surface area (TPSA) is 46.9 Å². The third kappa shape index (κ3) is 1.78. The standard InChI is InChI=1S/C10H15N3O/c1-10(4-2-3-5-10)12-9(14)13-7-6-11-8-13/h6-8H,2-5H2,1H3,(H,12,14). The Morgan fingerprint density at radius 3 is 2.79 bits per heavy atom. The Morgan fingerprint density at radius 2 is 2.21 bits per heavy atom. The summed E-state index contributed by atoms with van der Waals surface area (Å²) < 4.78 is 1.48. The van der Waals surface area contributed by atoms with E-state index in [2.05, 4.69) is 17.2 Å². The molecule has 2 rings (SSSR count). The van der Waals surface area contributed by atoms with Gasteiger partial charge in [0.25, 0.3) is 0 Å². The molecule has 0 aliphatic heterocycles. The minimum Gasteiger partial charge on any atom is -0.332 e. The molecule has 0 spiro atoms. The Morgan fingerprint density at radius 1 is 1.50 bits per heavy atom. The van der Waals surface area contributed by atoms with Gasteiger partial charge >= 0.3 is 6.03 Å². The van der Waals surface area contributed by atoms with Crippen molar-refractivity contribution in [2.45, 2.75) is 38.1 Å². The van der Waals surface area contributed by atoms with Crippen molar-refractivity contribution in [2.24, 2.45) is 0 Å². The normalized spacial score (nSPS) is 19.5. The maximum Gasteiger partial charge on any atom is 0.327 e. The molecule has 0 aromatic carbocycles. The van der Waals surface area contributed by atoms with Crippen LogP contribution >= 0.6 is 0 Å². The zero-order valence-corrected chi connectivity index (χ0v) is 8.36. The van der Waals surface area contributed by atoms with Crippen molar-refractivity contribution in [3.63, 3.8) is 0 Å². The van der Waals surface area contributed by atoms with E-state index in [1.807, 2.05) is 0 Å². The van der Waals surface area contributed by atoms with Gasteiger partial charge in [0.05, 0.1) is 0 Å². The number of aromatic nitrogens is 2. The predicted octanol–water partition coefficient (Wildman–Crippen LogP) is 1.77. The number of carbonyl (C=O) groups excluding carboxylic acids is 1. The van der Waals surface area contributed by atoms with Crippen molar-refractivity contribution in [1.29, 1.82) is 0 Å². The van der Waals surface area contributed by atoms with Crippen LogP contribution in [-0.4, -0.2) is 21.1 Å². The van der Waals surface area contributed by atoms with E-state index in [-0.39, 0.29) is 11.6 Å². The molecule has 1 aromatic heterocycles. The van der Waals surface area contributed by atoms with Gasteiger partial charge in [0.1, 0.15) is 6.33 Å². The average Bonchev–Trinajstić information content (AvgIpc) is 2.74. The van der Waals surface area contributed by atoms with Crippen LogP contribution in [0.5, 0.6) is 0 Å². The first-order valence-electron chi connectivity index (χ1n) is 5.00. The molecule has 4 heteroatoms. The van der Waals surface area contributed by atoms with Crippen molar-refractivity contribution in [3.8, 4) is 0 Å². The Bertz CT molecular complexity index is 312. The number of hydrogen-bond donors (Lipinski definition) is 1. The fourth-order valence-corrected chi connectivity index (χ4v) is 1.98. The fraction of sp³-hybridized carbons (Fsp3) is 0.600. The third-order valence-electron chi connectivity index (χ3n) is 2.85. The summed E-state index contributed by atoms with van der Waals surface area (Å²) in [4.78, 5) is 15.5. The fourth-order valence-electron chi connectivity index (χ4n) is 1.98. The van der Waals surface area contributed by atoms with Crippen LogP contribution in [0, 0.1) is 0 Å². The lowest BCUT2D eigenvalue weighted by atomic mass is 10.0. The van der Waals surface area contributed by atoms with Crippen LogP contribution in [0.4, 0.5) is 4.79 Å². The molecule has 0 bridgehead atoms. The minimum atomic E-state index is -0.0769. The molecule has 0 unspecified atom stereocenters. The Labute approximate surface area is 83.3 Å². The molecule has 1 amide bonds. The van der Waals surface area contributed by atoms with E-state index in [1.165, 1.54) is 23.7 Å². The SMILES string of the molecule is CC1(NC(=O)n2ccnc2)CCCC1. The highest BCUT2D eigenvalue weighted by Gasteiger charge is 2.30. The lowest BCUT2D eigenvalue weighted by molar-refractivity contribution is 0.229. The van der Waals surface area contributed by atoms with Crippen LogP contribution in [0.3, 0.4) is 0 Å². The highest BCUT2D eigenvalue weighted by atomic mass is 16.2. The Balaban J connectivity index is 2.01. The van der Waals surface area contributed by atoms with E-state index < -0.39 is 0 Å². The third-order valence-corrected chi connectivity index (χ3v) is 2.85. The molecule has 1 aliphatic carbocycles. The lowest BCUT2D eigenvalue weighted by Gasteiger charge is -2.24. The second kappa shape index (κ2) is 3.44. The molecule has 1 saturated carbocycles. The van der Waals surface area contributed by atoms with Gasteiger partial charge in [-0.2, -0.15) is 0 Å². The van der Waals surface area contributed by atoms with Gasteiger partial charge in [-0.3, -0.25) is 4.57 Å². The van der Waals surface area contributed by atoms with Gasteiger partial charge in [-0.15, -0.1) is 0 Å². The average molecular weight is 193 g/mol. The van der Waals surface area contributed by atoms with Gasteiger partial charge in [-0.25, -0.2) is 9.78 Å². The molecule has 14 heavy (non-hydrogen) atoms. The number of imidazole rings is 1. The van der Waals surface area contributed by atoms with E-state index in [0.29, 0.717) is 0 Å². The number of carbonyl (C=O) groups is 1. The van der Waals surface area contributed by atoms with Crippen LogP contribution in [0.2, 0.25) is 0 Å². The summed E-state index contributed by atoms with van der Waals surface area (Å²) in [6.45, 7) is 2.11. The maximum absolute atomic E-state index is 11.7. The molecule has 1 aromatic rings. The molecule has 1 fully saturated rings. The van der Waals surface area contributed by atoms with Crippen molar-refractivity contribution in [1.82, 2.24) is 14.9 Å². The maximum atomic E-state index is 11.7. The smallest absolute Gasteiger partial charge is 0.327 e. The summed E-state index contributed by atoms with van der Waals surface area (Å²) >= 11 is 0. The van der Waals surface area contributed by atoms with Gasteiger partial charge in [-0.05, 0) is 19.8 Å². The van der Waals surface area contributed by atoms with Gasteiger partial charge in [-0.1, -0.05) is 12.8 Å². The van der Waals surface area contributed by atoms with Crippen LogP contribution in [0.25, 0.3) is 0 Å². The summed E-state index contributed by atoms with van der Waals surface area (Å²) in [7, 11) is 0. The number of rotatable bonds is 1. The van der Waals surface area contributed by atoms with Crippen molar-refractivity contribution in [3.05, 3.63) is 18.7 Å². The van der Waals surface area contributed by atoms with Gasteiger partial charge in [0.15, 0.2) is 0 Å². The molecular weight excluding hydrogens is 178 g/mol. The van der Waals surface area contributed by atoms with Gasteiger partial charge in [0, 0.05) is 17.9 Å². The monoisotopic (exact) mass is 193 g/mol. The first kappa shape index (κ1) is 9.24. The zero-order chi connectivity index (χ0) is 10.0. The number of amides is 1. The summed E-state index contributed by atoms with van der Waals surface area (Å²) in [5, 5.41) is 3.04. The molecule has 1 heterocycles. The minimum absolute atomic E-state index is 0.0125. The zero-order valence-electron chi connectivity index (χ0n) is 8.36. The molecule has 1 N–H and O–H groups in total.